The minimum Gasteiger partial charge on any atom is -0.474 e. The molecular weight excluding hydrogens is 168 g/mol. The highest BCUT2D eigenvalue weighted by Crippen LogP contribution is 2.31. The molecule has 13 heavy (non-hydrogen) atoms. The Hall–Kier alpha value is -1.32. The molecule has 1 aromatic heterocycles. The zero-order valence-electron chi connectivity index (χ0n) is 7.32. The number of aromatic amines is 1. The maximum absolute atomic E-state index is 11.1. The first-order chi connectivity index (χ1) is 6.36. The van der Waals surface area contributed by atoms with Gasteiger partial charge in [-0.2, -0.15) is 0 Å². The Kier molecular flexibility index (Phi) is 2.29. The van der Waals surface area contributed by atoms with Gasteiger partial charge in [-0.15, -0.1) is 0 Å². The van der Waals surface area contributed by atoms with E-state index in [1.807, 2.05) is 0 Å². The van der Waals surface area contributed by atoms with Crippen molar-refractivity contribution in [2.45, 2.75) is 19.3 Å². The number of nitrogens with zero attached hydrogens (tertiary/aromatic N) is 1. The van der Waals surface area contributed by atoms with Crippen LogP contribution in [0.1, 0.15) is 19.3 Å². The van der Waals surface area contributed by atoms with Crippen LogP contribution in [0.25, 0.3) is 0 Å². The zero-order valence-corrected chi connectivity index (χ0v) is 7.32. The third kappa shape index (κ3) is 2.31. The van der Waals surface area contributed by atoms with Gasteiger partial charge in [-0.3, -0.25) is 4.79 Å². The smallest absolute Gasteiger partial charge is 0.310 e. The van der Waals surface area contributed by atoms with Crippen molar-refractivity contribution in [1.82, 2.24) is 9.97 Å². The molecular formula is C9H12N2O2. The van der Waals surface area contributed by atoms with Crippen LogP contribution < -0.4 is 10.3 Å². The molecule has 1 aliphatic carbocycles. The van der Waals surface area contributed by atoms with E-state index in [1.165, 1.54) is 25.2 Å². The lowest BCUT2D eigenvalue weighted by Crippen LogP contribution is -2.13. The molecule has 1 heterocycles. The highest BCUT2D eigenvalue weighted by Gasteiger charge is 2.20. The van der Waals surface area contributed by atoms with Crippen molar-refractivity contribution >= 4 is 0 Å². The van der Waals surface area contributed by atoms with Gasteiger partial charge in [0.05, 0.1) is 6.61 Å². The van der Waals surface area contributed by atoms with E-state index in [4.69, 9.17) is 4.74 Å². The van der Waals surface area contributed by atoms with Crippen LogP contribution in [0.2, 0.25) is 0 Å². The molecule has 0 saturated heterocycles. The number of nitrogens with one attached hydrogen (secondary N) is 1. The van der Waals surface area contributed by atoms with Crippen molar-refractivity contribution in [3.05, 3.63) is 22.7 Å². The Morgan fingerprint density at radius 3 is 3.15 bits per heavy atom. The van der Waals surface area contributed by atoms with E-state index in [9.17, 15) is 4.79 Å². The summed E-state index contributed by atoms with van der Waals surface area (Å²) in [4.78, 5) is 17.4. The third-order valence-corrected chi connectivity index (χ3v) is 2.14. The lowest BCUT2D eigenvalue weighted by Gasteiger charge is -2.01. The summed E-state index contributed by atoms with van der Waals surface area (Å²) in [5, 5.41) is 0. The van der Waals surface area contributed by atoms with Crippen molar-refractivity contribution in [2.24, 2.45) is 5.92 Å². The number of rotatable bonds is 4. The summed E-state index contributed by atoms with van der Waals surface area (Å²) in [7, 11) is 0. The number of aromatic nitrogens is 2. The maximum Gasteiger partial charge on any atom is 0.310 e. The van der Waals surface area contributed by atoms with E-state index in [0.29, 0.717) is 6.61 Å². The molecule has 0 atom stereocenters. The van der Waals surface area contributed by atoms with E-state index in [1.54, 1.807) is 0 Å². The average Bonchev–Trinajstić information content (AvgIpc) is 2.92. The predicted octanol–water partition coefficient (Wildman–Crippen LogP) is 0.949. The minimum atomic E-state index is -0.252. The minimum absolute atomic E-state index is 0.183. The molecule has 1 aromatic rings. The van der Waals surface area contributed by atoms with Crippen LogP contribution in [0, 0.1) is 5.92 Å². The third-order valence-electron chi connectivity index (χ3n) is 2.14. The van der Waals surface area contributed by atoms with E-state index in [2.05, 4.69) is 9.97 Å². The topological polar surface area (TPSA) is 55.0 Å². The fraction of sp³-hybridized carbons (Fsp3) is 0.556. The van der Waals surface area contributed by atoms with Gasteiger partial charge in [0.15, 0.2) is 0 Å². The lowest BCUT2D eigenvalue weighted by atomic mass is 10.3. The molecule has 0 radical (unpaired) electrons. The zero-order chi connectivity index (χ0) is 9.10. The Labute approximate surface area is 76.0 Å². The van der Waals surface area contributed by atoms with Gasteiger partial charge in [-0.05, 0) is 12.3 Å². The lowest BCUT2D eigenvalue weighted by molar-refractivity contribution is 0.287. The van der Waals surface area contributed by atoms with Crippen LogP contribution >= 0.6 is 0 Å². The highest BCUT2D eigenvalue weighted by molar-refractivity contribution is 5.02. The van der Waals surface area contributed by atoms with Gasteiger partial charge >= 0.3 is 5.56 Å². The molecule has 70 valence electrons. The SMILES string of the molecule is O=c1[nH]ccnc1OCCC1CC1. The van der Waals surface area contributed by atoms with Crippen LogP contribution in [0.5, 0.6) is 5.88 Å². The fourth-order valence-corrected chi connectivity index (χ4v) is 1.17. The summed E-state index contributed by atoms with van der Waals surface area (Å²) >= 11 is 0. The van der Waals surface area contributed by atoms with Crippen LogP contribution in [0.3, 0.4) is 0 Å². The highest BCUT2D eigenvalue weighted by atomic mass is 16.5. The van der Waals surface area contributed by atoms with Gasteiger partial charge < -0.3 is 9.72 Å². The van der Waals surface area contributed by atoms with Crippen molar-refractivity contribution in [3.8, 4) is 5.88 Å². The Morgan fingerprint density at radius 1 is 1.62 bits per heavy atom. The van der Waals surface area contributed by atoms with Crippen molar-refractivity contribution < 1.29 is 4.74 Å². The Balaban J connectivity index is 1.85. The first kappa shape index (κ1) is 8.29. The summed E-state index contributed by atoms with van der Waals surface area (Å²) in [6.45, 7) is 0.602. The normalized spacial score (nSPS) is 15.7. The van der Waals surface area contributed by atoms with E-state index in [-0.39, 0.29) is 11.4 Å². The Bertz CT molecular complexity index is 330. The number of hydrogen-bond acceptors (Lipinski definition) is 3. The molecule has 0 aromatic carbocycles. The van der Waals surface area contributed by atoms with Crippen molar-refractivity contribution in [3.63, 3.8) is 0 Å². The number of ether oxygens (including phenoxy) is 1. The quantitative estimate of drug-likeness (QED) is 0.750. The van der Waals surface area contributed by atoms with Gasteiger partial charge in [-0.25, -0.2) is 4.98 Å². The van der Waals surface area contributed by atoms with Crippen LogP contribution in [0.15, 0.2) is 17.2 Å². The molecule has 1 saturated carbocycles. The van der Waals surface area contributed by atoms with Crippen LogP contribution in [0.4, 0.5) is 0 Å². The molecule has 0 aliphatic heterocycles. The monoisotopic (exact) mass is 180 g/mol. The summed E-state index contributed by atoms with van der Waals surface area (Å²) in [5.74, 6) is 1.01. The standard InChI is InChI=1S/C9H12N2O2/c12-8-9(11-5-4-10-8)13-6-3-7-1-2-7/h4-5,7H,1-3,6H2,(H,10,12). The Morgan fingerprint density at radius 2 is 2.46 bits per heavy atom. The largest absolute Gasteiger partial charge is 0.474 e. The van der Waals surface area contributed by atoms with Gasteiger partial charge in [0, 0.05) is 12.4 Å². The summed E-state index contributed by atoms with van der Waals surface area (Å²) in [6.07, 6.45) is 6.67. The second-order valence-electron chi connectivity index (χ2n) is 3.30. The molecule has 1 aliphatic rings. The van der Waals surface area contributed by atoms with Crippen LogP contribution in [-0.2, 0) is 0 Å². The number of H-pyrrole nitrogens is 1. The molecule has 4 nitrogen and oxygen atoms in total. The number of hydrogen-bond donors (Lipinski definition) is 1. The average molecular weight is 180 g/mol. The first-order valence-corrected chi connectivity index (χ1v) is 4.53. The van der Waals surface area contributed by atoms with Gasteiger partial charge in [0.1, 0.15) is 0 Å². The second kappa shape index (κ2) is 3.60. The summed E-state index contributed by atoms with van der Waals surface area (Å²) in [5.41, 5.74) is -0.252. The molecule has 0 amide bonds. The molecule has 0 unspecified atom stereocenters. The molecule has 1 N–H and O–H groups in total. The van der Waals surface area contributed by atoms with E-state index >= 15 is 0 Å². The molecule has 4 heteroatoms. The predicted molar refractivity (Wildman–Crippen MR) is 47.7 cm³/mol. The first-order valence-electron chi connectivity index (χ1n) is 4.53. The summed E-state index contributed by atoms with van der Waals surface area (Å²) < 4.78 is 5.23. The van der Waals surface area contributed by atoms with E-state index in [0.717, 1.165) is 12.3 Å². The summed E-state index contributed by atoms with van der Waals surface area (Å²) in [6, 6.07) is 0. The van der Waals surface area contributed by atoms with Gasteiger partial charge in [-0.1, -0.05) is 12.8 Å². The molecule has 2 rings (SSSR count). The molecule has 1 fully saturated rings. The van der Waals surface area contributed by atoms with Crippen LogP contribution in [-0.4, -0.2) is 16.6 Å². The van der Waals surface area contributed by atoms with Gasteiger partial charge in [0.25, 0.3) is 5.88 Å². The molecule has 0 spiro atoms. The maximum atomic E-state index is 11.1. The van der Waals surface area contributed by atoms with E-state index < -0.39 is 0 Å². The van der Waals surface area contributed by atoms with Crippen molar-refractivity contribution in [2.75, 3.05) is 6.61 Å². The van der Waals surface area contributed by atoms with Gasteiger partial charge in [0.2, 0.25) is 0 Å². The molecule has 0 bridgehead atoms. The second-order valence-corrected chi connectivity index (χ2v) is 3.30. The fourth-order valence-electron chi connectivity index (χ4n) is 1.17. The van der Waals surface area contributed by atoms with Crippen molar-refractivity contribution in [1.29, 1.82) is 0 Å².